The van der Waals surface area contributed by atoms with Gasteiger partial charge in [0, 0.05) is 10.2 Å². The number of ether oxygens (including phenoxy) is 1. The molecule has 2 aromatic carbocycles. The third-order valence-electron chi connectivity index (χ3n) is 2.72. The molecule has 0 radical (unpaired) electrons. The lowest BCUT2D eigenvalue weighted by Gasteiger charge is -2.08. The van der Waals surface area contributed by atoms with Gasteiger partial charge in [-0.1, -0.05) is 28.1 Å². The Labute approximate surface area is 127 Å². The van der Waals surface area contributed by atoms with Gasteiger partial charge < -0.3 is 10.1 Å². The molecule has 0 bridgehead atoms. The normalized spacial score (nSPS) is 10.1. The van der Waals surface area contributed by atoms with Crippen molar-refractivity contribution in [1.82, 2.24) is 0 Å². The molecule has 104 valence electrons. The maximum absolute atomic E-state index is 11.8. The van der Waals surface area contributed by atoms with Crippen LogP contribution in [0.4, 0.5) is 5.69 Å². The number of anilines is 1. The highest BCUT2D eigenvalue weighted by molar-refractivity contribution is 9.10. The van der Waals surface area contributed by atoms with E-state index in [1.807, 2.05) is 55.5 Å². The lowest BCUT2D eigenvalue weighted by Crippen LogP contribution is -2.15. The lowest BCUT2D eigenvalue weighted by atomic mass is 10.2. The van der Waals surface area contributed by atoms with E-state index in [2.05, 4.69) is 21.2 Å². The molecule has 2 rings (SSSR count). The number of halogens is 1. The zero-order valence-electron chi connectivity index (χ0n) is 11.2. The number of aryl methyl sites for hydroxylation is 1. The van der Waals surface area contributed by atoms with E-state index in [4.69, 9.17) is 4.74 Å². The summed E-state index contributed by atoms with van der Waals surface area (Å²) in [6.07, 6.45) is 0.323. The number of rotatable bonds is 5. The number of benzene rings is 2. The third kappa shape index (κ3) is 4.70. The average molecular weight is 334 g/mol. The molecule has 0 fully saturated rings. The summed E-state index contributed by atoms with van der Waals surface area (Å²) in [7, 11) is 0. The van der Waals surface area contributed by atoms with Crippen LogP contribution in [-0.2, 0) is 4.79 Å². The Hall–Kier alpha value is -1.81. The van der Waals surface area contributed by atoms with Gasteiger partial charge in [0.15, 0.2) is 0 Å². The standard InChI is InChI=1S/C16H16BrNO2/c1-12-3-2-4-15(11-12)20-10-9-16(19)18-14-7-5-13(17)6-8-14/h2-8,11H,9-10H2,1H3,(H,18,19). The second-order valence-electron chi connectivity index (χ2n) is 4.47. The van der Waals surface area contributed by atoms with Crippen LogP contribution in [0.15, 0.2) is 53.0 Å². The highest BCUT2D eigenvalue weighted by Crippen LogP contribution is 2.15. The summed E-state index contributed by atoms with van der Waals surface area (Å²) < 4.78 is 6.53. The van der Waals surface area contributed by atoms with Crippen LogP contribution in [0.1, 0.15) is 12.0 Å². The molecule has 1 amide bonds. The molecule has 2 aromatic rings. The molecule has 0 aliphatic heterocycles. The van der Waals surface area contributed by atoms with Crippen molar-refractivity contribution in [2.75, 3.05) is 11.9 Å². The van der Waals surface area contributed by atoms with Gasteiger partial charge >= 0.3 is 0 Å². The molecule has 0 aliphatic rings. The Morgan fingerprint density at radius 1 is 1.20 bits per heavy atom. The molecule has 0 spiro atoms. The third-order valence-corrected chi connectivity index (χ3v) is 3.24. The van der Waals surface area contributed by atoms with Crippen molar-refractivity contribution in [3.63, 3.8) is 0 Å². The SMILES string of the molecule is Cc1cccc(OCCC(=O)Nc2ccc(Br)cc2)c1. The molecule has 1 N–H and O–H groups in total. The Morgan fingerprint density at radius 3 is 2.65 bits per heavy atom. The number of hydrogen-bond acceptors (Lipinski definition) is 2. The first-order valence-electron chi connectivity index (χ1n) is 6.38. The van der Waals surface area contributed by atoms with Gasteiger partial charge in [0.1, 0.15) is 5.75 Å². The van der Waals surface area contributed by atoms with Crippen LogP contribution in [0.2, 0.25) is 0 Å². The Kier molecular flexibility index (Phi) is 5.18. The molecule has 0 aromatic heterocycles. The van der Waals surface area contributed by atoms with Gasteiger partial charge in [0.25, 0.3) is 0 Å². The minimum Gasteiger partial charge on any atom is -0.493 e. The fourth-order valence-corrected chi connectivity index (χ4v) is 1.99. The van der Waals surface area contributed by atoms with Gasteiger partial charge in [-0.3, -0.25) is 4.79 Å². The number of nitrogens with one attached hydrogen (secondary N) is 1. The highest BCUT2D eigenvalue weighted by Gasteiger charge is 2.03. The molecule has 0 saturated heterocycles. The van der Waals surface area contributed by atoms with Crippen LogP contribution in [0.3, 0.4) is 0 Å². The lowest BCUT2D eigenvalue weighted by molar-refractivity contribution is -0.116. The van der Waals surface area contributed by atoms with E-state index in [0.717, 1.165) is 21.5 Å². The van der Waals surface area contributed by atoms with Crippen molar-refractivity contribution in [3.8, 4) is 5.75 Å². The monoisotopic (exact) mass is 333 g/mol. The van der Waals surface area contributed by atoms with Crippen molar-refractivity contribution < 1.29 is 9.53 Å². The Morgan fingerprint density at radius 2 is 1.95 bits per heavy atom. The fourth-order valence-electron chi connectivity index (χ4n) is 1.72. The first-order valence-corrected chi connectivity index (χ1v) is 7.18. The molecule has 20 heavy (non-hydrogen) atoms. The molecule has 0 atom stereocenters. The second kappa shape index (κ2) is 7.10. The average Bonchev–Trinajstić information content (AvgIpc) is 2.41. The van der Waals surface area contributed by atoms with Gasteiger partial charge in [-0.15, -0.1) is 0 Å². The first kappa shape index (κ1) is 14.6. The van der Waals surface area contributed by atoms with E-state index in [9.17, 15) is 4.79 Å². The van der Waals surface area contributed by atoms with E-state index in [-0.39, 0.29) is 5.91 Å². The molecular formula is C16H16BrNO2. The van der Waals surface area contributed by atoms with Gasteiger partial charge in [-0.05, 0) is 48.9 Å². The molecule has 0 unspecified atom stereocenters. The van der Waals surface area contributed by atoms with E-state index in [1.54, 1.807) is 0 Å². The van der Waals surface area contributed by atoms with E-state index < -0.39 is 0 Å². The van der Waals surface area contributed by atoms with Gasteiger partial charge in [0.2, 0.25) is 5.91 Å². The van der Waals surface area contributed by atoms with Crippen LogP contribution in [0.5, 0.6) is 5.75 Å². The van der Waals surface area contributed by atoms with Crippen molar-refractivity contribution in [2.24, 2.45) is 0 Å². The number of amides is 1. The maximum Gasteiger partial charge on any atom is 0.227 e. The number of hydrogen-bond donors (Lipinski definition) is 1. The number of carbonyl (C=O) groups is 1. The maximum atomic E-state index is 11.8. The minimum absolute atomic E-state index is 0.0556. The van der Waals surface area contributed by atoms with Crippen LogP contribution >= 0.6 is 15.9 Å². The van der Waals surface area contributed by atoms with E-state index >= 15 is 0 Å². The zero-order valence-corrected chi connectivity index (χ0v) is 12.8. The molecule has 0 saturated carbocycles. The summed E-state index contributed by atoms with van der Waals surface area (Å²) in [6, 6.07) is 15.3. The van der Waals surface area contributed by atoms with Crippen molar-refractivity contribution in [3.05, 3.63) is 58.6 Å². The van der Waals surface area contributed by atoms with Crippen LogP contribution in [0.25, 0.3) is 0 Å². The zero-order chi connectivity index (χ0) is 14.4. The molecule has 3 nitrogen and oxygen atoms in total. The summed E-state index contributed by atoms with van der Waals surface area (Å²) in [6.45, 7) is 2.37. The fraction of sp³-hybridized carbons (Fsp3) is 0.188. The van der Waals surface area contributed by atoms with Crippen LogP contribution in [0, 0.1) is 6.92 Å². The van der Waals surface area contributed by atoms with E-state index in [1.165, 1.54) is 0 Å². The molecular weight excluding hydrogens is 318 g/mol. The molecule has 4 heteroatoms. The largest absolute Gasteiger partial charge is 0.493 e. The van der Waals surface area contributed by atoms with Crippen molar-refractivity contribution >= 4 is 27.5 Å². The first-order chi connectivity index (χ1) is 9.63. The molecule has 0 heterocycles. The van der Waals surface area contributed by atoms with Gasteiger partial charge in [-0.25, -0.2) is 0 Å². The van der Waals surface area contributed by atoms with Crippen molar-refractivity contribution in [2.45, 2.75) is 13.3 Å². The molecule has 0 aliphatic carbocycles. The quantitative estimate of drug-likeness (QED) is 0.891. The predicted octanol–water partition coefficient (Wildman–Crippen LogP) is 4.17. The summed E-state index contributed by atoms with van der Waals surface area (Å²) >= 11 is 3.35. The Balaban J connectivity index is 1.76. The number of carbonyl (C=O) groups excluding carboxylic acids is 1. The summed E-state index contributed by atoms with van der Waals surface area (Å²) in [5, 5.41) is 2.83. The highest BCUT2D eigenvalue weighted by atomic mass is 79.9. The summed E-state index contributed by atoms with van der Waals surface area (Å²) in [5.41, 5.74) is 1.93. The Bertz CT molecular complexity index is 581. The summed E-state index contributed by atoms with van der Waals surface area (Å²) in [4.78, 5) is 11.8. The van der Waals surface area contributed by atoms with Crippen LogP contribution in [-0.4, -0.2) is 12.5 Å². The topological polar surface area (TPSA) is 38.3 Å². The second-order valence-corrected chi connectivity index (χ2v) is 5.39. The smallest absolute Gasteiger partial charge is 0.227 e. The summed E-state index contributed by atoms with van der Waals surface area (Å²) in [5.74, 6) is 0.737. The predicted molar refractivity (Wildman–Crippen MR) is 84.1 cm³/mol. The van der Waals surface area contributed by atoms with Gasteiger partial charge in [0.05, 0.1) is 13.0 Å². The van der Waals surface area contributed by atoms with Gasteiger partial charge in [-0.2, -0.15) is 0 Å². The van der Waals surface area contributed by atoms with E-state index in [0.29, 0.717) is 13.0 Å². The van der Waals surface area contributed by atoms with Crippen LogP contribution < -0.4 is 10.1 Å². The minimum atomic E-state index is -0.0556. The van der Waals surface area contributed by atoms with Crippen molar-refractivity contribution in [1.29, 1.82) is 0 Å².